The monoisotopic (exact) mass is 826 g/mol. The number of hydrogen-bond donors (Lipinski definition) is 4. The lowest BCUT2D eigenvalue weighted by molar-refractivity contribution is -0.627. The predicted molar refractivity (Wildman–Crippen MR) is 218 cm³/mol. The Kier molecular flexibility index (Phi) is 23.7. The second-order valence-corrected chi connectivity index (χ2v) is 12.7. The van der Waals surface area contributed by atoms with Gasteiger partial charge in [0.15, 0.2) is 0 Å². The molecule has 0 radical (unpaired) electrons. The quantitative estimate of drug-likeness (QED) is 0.0483. The van der Waals surface area contributed by atoms with Crippen LogP contribution in [0.4, 0.5) is 45.9 Å². The van der Waals surface area contributed by atoms with Crippen LogP contribution < -0.4 is 20.7 Å². The summed E-state index contributed by atoms with van der Waals surface area (Å²) in [5.74, 6) is 0.0896. The van der Waals surface area contributed by atoms with Crippen molar-refractivity contribution in [2.75, 3.05) is 31.3 Å². The van der Waals surface area contributed by atoms with Crippen molar-refractivity contribution in [3.8, 4) is 16.9 Å². The maximum Gasteiger partial charge on any atom is 0.673 e. The van der Waals surface area contributed by atoms with Crippen molar-refractivity contribution < 1.29 is 59.3 Å². The van der Waals surface area contributed by atoms with E-state index in [4.69, 9.17) is 4.74 Å². The van der Waals surface area contributed by atoms with Gasteiger partial charge in [-0.1, -0.05) is 76.4 Å². The maximum atomic E-state index is 13.1. The van der Waals surface area contributed by atoms with E-state index in [1.807, 2.05) is 80.6 Å². The lowest BCUT2D eigenvalue weighted by Gasteiger charge is -2.15. The first-order valence-corrected chi connectivity index (χ1v) is 19.2. The molecule has 58 heavy (non-hydrogen) atoms. The average Bonchev–Trinajstić information content (AvgIpc) is 3.19. The van der Waals surface area contributed by atoms with Crippen molar-refractivity contribution in [3.63, 3.8) is 0 Å². The van der Waals surface area contributed by atoms with Gasteiger partial charge in [0.05, 0.1) is 33.0 Å². The molecule has 0 spiro atoms. The zero-order valence-electron chi connectivity index (χ0n) is 33.6. The molecule has 320 valence electrons. The Labute approximate surface area is 336 Å². The summed E-state index contributed by atoms with van der Waals surface area (Å²) in [6.07, 6.45) is 9.54. The molecule has 0 saturated carbocycles. The zero-order valence-corrected chi connectivity index (χ0v) is 33.6. The molecule has 7 nitrogen and oxygen atoms in total. The van der Waals surface area contributed by atoms with Gasteiger partial charge in [-0.25, -0.2) is 0 Å². The highest BCUT2D eigenvalue weighted by Gasteiger charge is 2.21. The van der Waals surface area contributed by atoms with Crippen LogP contribution in [-0.2, 0) is 19.4 Å². The molecule has 0 saturated heterocycles. The summed E-state index contributed by atoms with van der Waals surface area (Å²) in [4.78, 5) is 25.9. The number of unbranched alkanes of at least 4 members (excludes halogenated alkanes) is 5. The van der Waals surface area contributed by atoms with Crippen LogP contribution in [0.3, 0.4) is 0 Å². The van der Waals surface area contributed by atoms with Crippen molar-refractivity contribution >= 4 is 37.7 Å². The number of aliphatic hydroxyl groups excluding tert-OH is 1. The van der Waals surface area contributed by atoms with E-state index in [1.54, 1.807) is 25.3 Å². The SMILES string of the molecule is CC.CCc1ccc(C(=O)Nc2ccc(-c3ccc(NC(=O)c4ccc(CCCCCCCC[NH2+]C)cc4)c(OC)c3)cc2CO)cc1.F[B-](F)(F)F.F[B-](F)(F)F. The van der Waals surface area contributed by atoms with Crippen molar-refractivity contribution in [3.05, 3.63) is 113 Å². The molecule has 4 aromatic rings. The number of aliphatic hydroxyl groups is 1. The highest BCUT2D eigenvalue weighted by molar-refractivity contribution is 6.50. The normalized spacial score (nSPS) is 10.8. The Morgan fingerprint density at radius 3 is 1.53 bits per heavy atom. The van der Waals surface area contributed by atoms with Gasteiger partial charge in [-0.15, -0.1) is 0 Å². The van der Waals surface area contributed by atoms with E-state index in [0.717, 1.165) is 29.5 Å². The largest absolute Gasteiger partial charge is 0.673 e. The number of carbonyl (C=O) groups excluding carboxylic acids is 2. The summed E-state index contributed by atoms with van der Waals surface area (Å²) in [7, 11) is -8.31. The first-order valence-electron chi connectivity index (χ1n) is 19.2. The summed E-state index contributed by atoms with van der Waals surface area (Å²) < 4.78 is 83.6. The molecule has 0 aliphatic rings. The number of nitrogens with one attached hydrogen (secondary N) is 2. The van der Waals surface area contributed by atoms with Crippen LogP contribution in [0, 0.1) is 0 Å². The molecule has 0 unspecified atom stereocenters. The number of carbonyl (C=O) groups is 2. The summed E-state index contributed by atoms with van der Waals surface area (Å²) in [5, 5.41) is 18.2. The molecule has 17 heteroatoms. The third-order valence-electron chi connectivity index (χ3n) is 8.36. The van der Waals surface area contributed by atoms with Gasteiger partial charge in [-0.2, -0.15) is 0 Å². The average molecular weight is 827 g/mol. The van der Waals surface area contributed by atoms with Gasteiger partial charge < -0.3 is 60.3 Å². The fourth-order valence-corrected chi connectivity index (χ4v) is 5.49. The van der Waals surface area contributed by atoms with Crippen molar-refractivity contribution in [2.24, 2.45) is 0 Å². The fraction of sp³-hybridized carbons (Fsp3) is 0.366. The molecule has 0 aromatic heterocycles. The number of quaternary nitrogens is 1. The maximum absolute atomic E-state index is 13.1. The number of nitrogens with two attached hydrogens (primary N) is 1. The molecule has 0 bridgehead atoms. The molecule has 0 heterocycles. The number of rotatable bonds is 17. The summed E-state index contributed by atoms with van der Waals surface area (Å²) in [6.45, 7) is 7.05. The number of anilines is 2. The van der Waals surface area contributed by atoms with Crippen LogP contribution in [0.2, 0.25) is 0 Å². The third-order valence-corrected chi connectivity index (χ3v) is 8.36. The number of methoxy groups -OCH3 is 1. The van der Waals surface area contributed by atoms with Crippen molar-refractivity contribution in [1.82, 2.24) is 0 Å². The molecule has 0 fully saturated rings. The van der Waals surface area contributed by atoms with Crippen LogP contribution in [-0.4, -0.2) is 52.1 Å². The van der Waals surface area contributed by atoms with Gasteiger partial charge in [0, 0.05) is 22.4 Å². The number of ether oxygens (including phenoxy) is 1. The van der Waals surface area contributed by atoms with Gasteiger partial charge in [-0.05, 0) is 103 Å². The van der Waals surface area contributed by atoms with Crippen LogP contribution in [0.1, 0.15) is 96.7 Å². The highest BCUT2D eigenvalue weighted by atomic mass is 19.5. The minimum Gasteiger partial charge on any atom is -0.495 e. The standard InChI is InChI=1S/C39H47N3O4.C2H6.2BF4/c1-4-28-12-16-30(17-13-28)38(44)41-35-22-20-32(25-34(35)27-43)33-21-23-36(37(26-33)46-3)42-39(45)31-18-14-29(15-19-31)11-9-7-5-6-8-10-24-40-2;1-2;2*2-1(3,4)5/h12-23,25-26,40,43H,4-11,24,27H2,1-3H3,(H,41,44)(H,42,45);1-2H3;;/q;;2*-1/p+1. The zero-order chi connectivity index (χ0) is 43.7. The van der Waals surface area contributed by atoms with Gasteiger partial charge in [0.25, 0.3) is 11.8 Å². The Bertz CT molecular complexity index is 1770. The minimum atomic E-state index is -6.00. The molecule has 4 rings (SSSR count). The van der Waals surface area contributed by atoms with Crippen LogP contribution in [0.5, 0.6) is 5.75 Å². The Morgan fingerprint density at radius 2 is 1.07 bits per heavy atom. The van der Waals surface area contributed by atoms with E-state index < -0.39 is 14.5 Å². The van der Waals surface area contributed by atoms with Gasteiger partial charge in [0.2, 0.25) is 0 Å². The topological polar surface area (TPSA) is 104 Å². The van der Waals surface area contributed by atoms with E-state index in [9.17, 15) is 49.2 Å². The Hall–Kier alpha value is -4.89. The van der Waals surface area contributed by atoms with Crippen molar-refractivity contribution in [2.45, 2.75) is 78.7 Å². The van der Waals surface area contributed by atoms with Crippen LogP contribution in [0.25, 0.3) is 11.1 Å². The van der Waals surface area contributed by atoms with Crippen molar-refractivity contribution in [1.29, 1.82) is 0 Å². The summed E-state index contributed by atoms with van der Waals surface area (Å²) >= 11 is 0. The molecular formula is C41H54B2F8N3O4-. The lowest BCUT2D eigenvalue weighted by Crippen LogP contribution is -2.79. The first-order chi connectivity index (χ1) is 27.4. The summed E-state index contributed by atoms with van der Waals surface area (Å²) in [6, 6.07) is 26.4. The first kappa shape index (κ1) is 51.1. The second kappa shape index (κ2) is 26.9. The predicted octanol–water partition coefficient (Wildman–Crippen LogP) is 10.6. The molecule has 0 atom stereocenters. The third kappa shape index (κ3) is 21.6. The Morgan fingerprint density at radius 1 is 0.638 bits per heavy atom. The molecule has 5 N–H and O–H groups in total. The molecule has 0 aliphatic heterocycles. The number of amides is 2. The second-order valence-electron chi connectivity index (χ2n) is 12.7. The smallest absolute Gasteiger partial charge is 0.495 e. The lowest BCUT2D eigenvalue weighted by atomic mass is 10.0. The number of benzene rings is 4. The number of halogens is 8. The Balaban J connectivity index is 0.00000123. The van der Waals surface area contributed by atoms with Gasteiger partial charge >= 0.3 is 14.5 Å². The number of aryl methyl sites for hydroxylation is 2. The summed E-state index contributed by atoms with van der Waals surface area (Å²) in [5.41, 5.74) is 6.96. The van der Waals surface area contributed by atoms with Crippen LogP contribution in [0.15, 0.2) is 84.9 Å². The van der Waals surface area contributed by atoms with Crippen LogP contribution >= 0.6 is 0 Å². The minimum absolute atomic E-state index is 0.200. The highest BCUT2D eigenvalue weighted by Crippen LogP contribution is 2.33. The van der Waals surface area contributed by atoms with E-state index in [2.05, 4.69) is 29.9 Å². The fourth-order valence-electron chi connectivity index (χ4n) is 5.49. The molecule has 0 aliphatic carbocycles. The van der Waals surface area contributed by atoms with E-state index >= 15 is 0 Å². The van der Waals surface area contributed by atoms with E-state index in [1.165, 1.54) is 50.6 Å². The van der Waals surface area contributed by atoms with E-state index in [-0.39, 0.29) is 18.4 Å². The van der Waals surface area contributed by atoms with Gasteiger partial charge in [-0.3, -0.25) is 9.59 Å². The van der Waals surface area contributed by atoms with Gasteiger partial charge in [0.1, 0.15) is 5.75 Å². The van der Waals surface area contributed by atoms with E-state index in [0.29, 0.717) is 33.8 Å². The molecule has 4 aromatic carbocycles. The number of hydrogen-bond acceptors (Lipinski definition) is 4. The molecule has 2 amide bonds. The molecular weight excluding hydrogens is 772 g/mol.